The molecule has 9 nitrogen and oxygen atoms in total. The molecule has 10 heteroatoms. The first-order valence-electron chi connectivity index (χ1n) is 14.9. The predicted octanol–water partition coefficient (Wildman–Crippen LogP) is 6.06. The molecule has 0 saturated carbocycles. The molecule has 6 rings (SSSR count). The lowest BCUT2D eigenvalue weighted by Gasteiger charge is -2.33. The number of aromatic nitrogens is 4. The van der Waals surface area contributed by atoms with Crippen LogP contribution in [-0.2, 0) is 28.1 Å². The number of benzene rings is 2. The first-order chi connectivity index (χ1) is 20.0. The number of carbonyl (C=O) groups is 1. The van der Waals surface area contributed by atoms with Gasteiger partial charge in [0, 0.05) is 49.4 Å². The number of amides is 1. The van der Waals surface area contributed by atoms with Gasteiger partial charge in [0.2, 0.25) is 0 Å². The predicted molar refractivity (Wildman–Crippen MR) is 172 cm³/mol. The van der Waals surface area contributed by atoms with Crippen LogP contribution >= 0.6 is 0 Å². The molecule has 2 aromatic heterocycles. The van der Waals surface area contributed by atoms with E-state index in [1.54, 1.807) is 9.58 Å². The van der Waals surface area contributed by atoms with Gasteiger partial charge < -0.3 is 14.0 Å². The van der Waals surface area contributed by atoms with Crippen molar-refractivity contribution in [1.29, 1.82) is 0 Å². The lowest BCUT2D eigenvalue weighted by molar-refractivity contribution is 0.00578. The molecule has 4 heterocycles. The van der Waals surface area contributed by atoms with Gasteiger partial charge in [-0.05, 0) is 78.4 Å². The highest BCUT2D eigenvalue weighted by Crippen LogP contribution is 2.36. The molecule has 0 spiro atoms. The minimum atomic E-state index is -0.506. The number of nitrogens with zero attached hydrogens (tertiary/aromatic N) is 5. The van der Waals surface area contributed by atoms with Gasteiger partial charge in [0.1, 0.15) is 5.60 Å². The largest absolute Gasteiger partial charge is 0.494 e. The van der Waals surface area contributed by atoms with Crippen molar-refractivity contribution in [3.63, 3.8) is 0 Å². The second kappa shape index (κ2) is 11.1. The molecule has 43 heavy (non-hydrogen) atoms. The van der Waals surface area contributed by atoms with Crippen LogP contribution in [0.1, 0.15) is 67.4 Å². The lowest BCUT2D eigenvalue weighted by atomic mass is 9.79. The maximum absolute atomic E-state index is 12.7. The summed E-state index contributed by atoms with van der Waals surface area (Å²) in [6.07, 6.45) is 6.78. The third-order valence-corrected chi connectivity index (χ3v) is 8.20. The van der Waals surface area contributed by atoms with Crippen molar-refractivity contribution in [2.24, 2.45) is 20.0 Å². The Morgan fingerprint density at radius 3 is 2.07 bits per heavy atom. The van der Waals surface area contributed by atoms with Crippen LogP contribution < -0.4 is 5.46 Å². The third-order valence-electron chi connectivity index (χ3n) is 8.20. The van der Waals surface area contributed by atoms with Gasteiger partial charge >= 0.3 is 13.2 Å². The van der Waals surface area contributed by atoms with Gasteiger partial charge in [-0.25, -0.2) is 4.79 Å². The van der Waals surface area contributed by atoms with Crippen molar-refractivity contribution >= 4 is 46.2 Å². The van der Waals surface area contributed by atoms with E-state index in [0.717, 1.165) is 44.9 Å². The van der Waals surface area contributed by atoms with E-state index in [2.05, 4.69) is 57.0 Å². The molecule has 0 aliphatic carbocycles. The molecule has 1 amide bonds. The van der Waals surface area contributed by atoms with E-state index in [0.29, 0.717) is 12.5 Å². The number of allylic oxidation sites excluding steroid dienone is 1. The standard InChI is InChI=1S/C19H25N3O2.C14H19BN2O2/c1-13-6-9-17(22(11-13)18(23)24-19(2,3)4)14-7-8-15-12-21(5)20-16(15)10-14;1-13(2)14(3,4)19-15(18-13)11-7-6-10-9-17(5)16-12(10)8-11/h7-10,12-13H,6,11H2,1-5H3;6-9H,1-5H3. The van der Waals surface area contributed by atoms with E-state index in [-0.39, 0.29) is 24.4 Å². The Balaban J connectivity index is 0.000000176. The zero-order chi connectivity index (χ0) is 31.3. The Morgan fingerprint density at radius 1 is 0.930 bits per heavy atom. The third kappa shape index (κ3) is 6.65. The van der Waals surface area contributed by atoms with E-state index in [1.165, 1.54) is 0 Å². The minimum absolute atomic E-state index is 0.290. The van der Waals surface area contributed by atoms with Gasteiger partial charge in [0.25, 0.3) is 0 Å². The first kappa shape index (κ1) is 30.8. The highest BCUT2D eigenvalue weighted by Gasteiger charge is 2.51. The Hall–Kier alpha value is -3.63. The van der Waals surface area contributed by atoms with E-state index >= 15 is 0 Å². The fourth-order valence-electron chi connectivity index (χ4n) is 5.25. The molecule has 1 saturated heterocycles. The summed E-state index contributed by atoms with van der Waals surface area (Å²) in [5.41, 5.74) is 3.70. The highest BCUT2D eigenvalue weighted by atomic mass is 16.7. The molecule has 0 radical (unpaired) electrons. The molecular formula is C33H44BN5O4. The second-order valence-corrected chi connectivity index (χ2v) is 13.8. The smallest absolute Gasteiger partial charge is 0.443 e. The fourth-order valence-corrected chi connectivity index (χ4v) is 5.25. The fraction of sp³-hybridized carbons (Fsp3) is 0.485. The van der Waals surface area contributed by atoms with Crippen LogP contribution in [0, 0.1) is 5.92 Å². The summed E-state index contributed by atoms with van der Waals surface area (Å²) in [4.78, 5) is 14.4. The summed E-state index contributed by atoms with van der Waals surface area (Å²) in [5.74, 6) is 0.417. The van der Waals surface area contributed by atoms with Crippen LogP contribution in [0.25, 0.3) is 27.5 Å². The summed E-state index contributed by atoms with van der Waals surface area (Å²) in [6.45, 7) is 16.7. The number of hydrogen-bond acceptors (Lipinski definition) is 6. The van der Waals surface area contributed by atoms with Crippen LogP contribution in [0.5, 0.6) is 0 Å². The number of carbonyl (C=O) groups excluding carboxylic acids is 1. The van der Waals surface area contributed by atoms with E-state index in [4.69, 9.17) is 14.0 Å². The molecule has 0 bridgehead atoms. The van der Waals surface area contributed by atoms with Gasteiger partial charge in [0.15, 0.2) is 0 Å². The molecule has 2 aliphatic heterocycles. The van der Waals surface area contributed by atoms with Crippen molar-refractivity contribution in [2.45, 2.75) is 78.6 Å². The Morgan fingerprint density at radius 2 is 1.49 bits per heavy atom. The Kier molecular flexibility index (Phi) is 7.98. The van der Waals surface area contributed by atoms with Crippen molar-refractivity contribution in [3.8, 4) is 0 Å². The van der Waals surface area contributed by atoms with E-state index < -0.39 is 5.60 Å². The number of ether oxygens (including phenoxy) is 1. The molecular weight excluding hydrogens is 541 g/mol. The summed E-state index contributed by atoms with van der Waals surface area (Å²) >= 11 is 0. The summed E-state index contributed by atoms with van der Waals surface area (Å²) in [5, 5.41) is 11.1. The van der Waals surface area contributed by atoms with E-state index in [9.17, 15) is 4.79 Å². The first-order valence-corrected chi connectivity index (χ1v) is 14.9. The Labute approximate surface area is 254 Å². The van der Waals surface area contributed by atoms with Crippen LogP contribution in [-0.4, -0.2) is 61.0 Å². The number of fused-ring (bicyclic) bond motifs is 2. The molecule has 2 aromatic carbocycles. The van der Waals surface area contributed by atoms with Crippen LogP contribution in [0.3, 0.4) is 0 Å². The summed E-state index contributed by atoms with van der Waals surface area (Å²) in [7, 11) is 3.51. The second-order valence-electron chi connectivity index (χ2n) is 13.8. The van der Waals surface area contributed by atoms with Crippen molar-refractivity contribution in [3.05, 3.63) is 60.4 Å². The zero-order valence-electron chi connectivity index (χ0n) is 27.1. The average molecular weight is 586 g/mol. The van der Waals surface area contributed by atoms with Crippen LogP contribution in [0.15, 0.2) is 54.9 Å². The molecule has 2 aliphatic rings. The van der Waals surface area contributed by atoms with Crippen molar-refractivity contribution in [2.75, 3.05) is 6.54 Å². The van der Waals surface area contributed by atoms with Gasteiger partial charge in [-0.1, -0.05) is 37.3 Å². The lowest BCUT2D eigenvalue weighted by Crippen LogP contribution is -2.41. The summed E-state index contributed by atoms with van der Waals surface area (Å²) < 4.78 is 21.3. The highest BCUT2D eigenvalue weighted by molar-refractivity contribution is 6.62. The van der Waals surface area contributed by atoms with Crippen LogP contribution in [0.4, 0.5) is 4.79 Å². The van der Waals surface area contributed by atoms with Crippen LogP contribution in [0.2, 0.25) is 0 Å². The zero-order valence-corrected chi connectivity index (χ0v) is 27.1. The minimum Gasteiger partial charge on any atom is -0.443 e. The van der Waals surface area contributed by atoms with Crippen molar-refractivity contribution < 1.29 is 18.8 Å². The molecule has 228 valence electrons. The SMILES string of the molecule is CC1CC=C(c2ccc3cn(C)nc3c2)N(C(=O)OC(C)(C)C)C1.Cn1cc2ccc(B3OC(C)(C)C(C)(C)O3)cc2n1. The number of aryl methyl sites for hydroxylation is 2. The average Bonchev–Trinajstić information content (AvgIpc) is 3.52. The number of hydrogen-bond donors (Lipinski definition) is 0. The van der Waals surface area contributed by atoms with Gasteiger partial charge in [-0.2, -0.15) is 10.2 Å². The maximum atomic E-state index is 12.7. The molecule has 4 aromatic rings. The van der Waals surface area contributed by atoms with Gasteiger partial charge in [-0.3, -0.25) is 14.3 Å². The van der Waals surface area contributed by atoms with Gasteiger partial charge in [0.05, 0.1) is 27.9 Å². The maximum Gasteiger partial charge on any atom is 0.494 e. The van der Waals surface area contributed by atoms with Gasteiger partial charge in [-0.15, -0.1) is 0 Å². The normalized spacial score (nSPS) is 19.8. The summed E-state index contributed by atoms with van der Waals surface area (Å²) in [6, 6.07) is 12.3. The Bertz CT molecular complexity index is 1660. The monoisotopic (exact) mass is 585 g/mol. The van der Waals surface area contributed by atoms with E-state index in [1.807, 2.05) is 82.3 Å². The molecule has 1 fully saturated rings. The topological polar surface area (TPSA) is 83.6 Å². The van der Waals surface area contributed by atoms with Crippen molar-refractivity contribution in [1.82, 2.24) is 24.5 Å². The molecule has 0 N–H and O–H groups in total. The molecule has 1 unspecified atom stereocenters. The molecule has 1 atom stereocenters. The number of rotatable bonds is 2. The quantitative estimate of drug-likeness (QED) is 0.266.